The van der Waals surface area contributed by atoms with Crippen molar-refractivity contribution in [1.29, 1.82) is 0 Å². The highest BCUT2D eigenvalue weighted by atomic mass is 16.4. The summed E-state index contributed by atoms with van der Waals surface area (Å²) in [5, 5.41) is 8.86. The molecule has 0 saturated heterocycles. The van der Waals surface area contributed by atoms with Crippen molar-refractivity contribution in [3.8, 4) is 0 Å². The number of nitrogens with zero attached hydrogens (tertiary/aromatic N) is 2. The minimum atomic E-state index is -0.944. The summed E-state index contributed by atoms with van der Waals surface area (Å²) in [6.07, 6.45) is 5.01. The summed E-state index contributed by atoms with van der Waals surface area (Å²) in [6.45, 7) is 0. The monoisotopic (exact) mass is 213 g/mol. The highest BCUT2D eigenvalue weighted by Gasteiger charge is 2.28. The number of carboxylic acids is 1. The lowest BCUT2D eigenvalue weighted by Crippen LogP contribution is -2.29. The minimum absolute atomic E-state index is 0.222. The number of hydrogen-bond donors (Lipinski definition) is 1. The summed E-state index contributed by atoms with van der Waals surface area (Å²) in [5.41, 5.74) is 2.12. The van der Waals surface area contributed by atoms with E-state index in [-0.39, 0.29) is 5.56 Å². The van der Waals surface area contributed by atoms with Crippen molar-refractivity contribution in [3.63, 3.8) is 0 Å². The molecule has 1 radical (unpaired) electrons. The van der Waals surface area contributed by atoms with Gasteiger partial charge in [-0.2, -0.15) is 0 Å². The van der Waals surface area contributed by atoms with E-state index in [4.69, 9.17) is 5.11 Å². The van der Waals surface area contributed by atoms with Crippen LogP contribution in [-0.4, -0.2) is 29.0 Å². The number of carboxylic acid groups (broad SMARTS) is 1. The number of pyridine rings is 1. The molecular weight excluding hydrogens is 203 g/mol. The van der Waals surface area contributed by atoms with Crippen LogP contribution >= 0.6 is 0 Å². The van der Waals surface area contributed by atoms with Gasteiger partial charge >= 0.3 is 5.97 Å². The lowest BCUT2D eigenvalue weighted by atomic mass is 9.59. The number of aromatic carboxylic acids is 1. The lowest BCUT2D eigenvalue weighted by Gasteiger charge is -2.25. The van der Waals surface area contributed by atoms with Gasteiger partial charge in [-0.15, -0.1) is 0 Å². The summed E-state index contributed by atoms with van der Waals surface area (Å²) in [4.78, 5) is 19.3. The van der Waals surface area contributed by atoms with Crippen molar-refractivity contribution in [2.45, 2.75) is 19.3 Å². The molecule has 1 aromatic heterocycles. The number of aromatic nitrogens is 1. The maximum absolute atomic E-state index is 10.8. The predicted molar refractivity (Wildman–Crippen MR) is 61.0 cm³/mol. The standard InChI is InChI=1S/C11H10BN2O2/c15-11(16)7-4-8-10(13-5-7)14-9(12-8)6-2-1-3-6/h4-6H,1-3H2,(H,15,16). The molecule has 79 valence electrons. The molecule has 0 spiro atoms. The minimum Gasteiger partial charge on any atom is -0.478 e. The Hall–Kier alpha value is -1.65. The average molecular weight is 213 g/mol. The molecule has 5 heteroatoms. The van der Waals surface area contributed by atoms with Crippen LogP contribution in [0.1, 0.15) is 29.6 Å². The molecule has 1 fully saturated rings. The summed E-state index contributed by atoms with van der Waals surface area (Å²) < 4.78 is 0. The van der Waals surface area contributed by atoms with Crippen LogP contribution in [0.25, 0.3) is 0 Å². The van der Waals surface area contributed by atoms with Gasteiger partial charge in [0.05, 0.1) is 5.56 Å². The van der Waals surface area contributed by atoms with Gasteiger partial charge in [0.25, 0.3) is 0 Å². The average Bonchev–Trinajstić information content (AvgIpc) is 2.56. The van der Waals surface area contributed by atoms with Crippen molar-refractivity contribution < 1.29 is 9.90 Å². The molecule has 2 heterocycles. The first-order valence-corrected chi connectivity index (χ1v) is 5.41. The third-order valence-corrected chi connectivity index (χ3v) is 3.20. The first-order chi connectivity index (χ1) is 7.74. The van der Waals surface area contributed by atoms with Crippen LogP contribution in [0.4, 0.5) is 5.82 Å². The molecule has 3 rings (SSSR count). The van der Waals surface area contributed by atoms with E-state index in [1.54, 1.807) is 6.07 Å². The zero-order valence-electron chi connectivity index (χ0n) is 8.68. The fourth-order valence-corrected chi connectivity index (χ4v) is 2.02. The van der Waals surface area contributed by atoms with E-state index in [0.29, 0.717) is 11.7 Å². The number of fused-ring (bicyclic) bond motifs is 1. The first kappa shape index (κ1) is 9.57. The Balaban J connectivity index is 1.89. The largest absolute Gasteiger partial charge is 0.478 e. The van der Waals surface area contributed by atoms with E-state index in [0.717, 1.165) is 11.1 Å². The molecule has 4 nitrogen and oxygen atoms in total. The van der Waals surface area contributed by atoms with E-state index in [2.05, 4.69) is 9.98 Å². The van der Waals surface area contributed by atoms with Gasteiger partial charge in [0.15, 0.2) is 0 Å². The predicted octanol–water partition coefficient (Wildman–Crippen LogP) is 0.953. The van der Waals surface area contributed by atoms with Gasteiger partial charge < -0.3 is 5.11 Å². The van der Waals surface area contributed by atoms with Crippen molar-refractivity contribution >= 4 is 30.1 Å². The van der Waals surface area contributed by atoms with Gasteiger partial charge in [-0.05, 0) is 35.9 Å². The van der Waals surface area contributed by atoms with Crippen molar-refractivity contribution in [2.24, 2.45) is 10.9 Å². The second-order valence-corrected chi connectivity index (χ2v) is 4.25. The quantitative estimate of drug-likeness (QED) is 0.744. The van der Waals surface area contributed by atoms with Gasteiger partial charge in [0, 0.05) is 6.20 Å². The Labute approximate surface area is 93.7 Å². The third kappa shape index (κ3) is 1.43. The highest BCUT2D eigenvalue weighted by molar-refractivity contribution is 6.88. The van der Waals surface area contributed by atoms with Crippen LogP contribution in [0, 0.1) is 5.92 Å². The van der Waals surface area contributed by atoms with E-state index < -0.39 is 5.97 Å². The Morgan fingerprint density at radius 2 is 2.31 bits per heavy atom. The molecule has 1 saturated carbocycles. The Bertz CT molecular complexity index is 495. The maximum atomic E-state index is 10.8. The molecule has 0 bridgehead atoms. The van der Waals surface area contributed by atoms with E-state index in [1.165, 1.54) is 25.5 Å². The van der Waals surface area contributed by atoms with E-state index in [9.17, 15) is 4.79 Å². The second-order valence-electron chi connectivity index (χ2n) is 4.25. The maximum Gasteiger partial charge on any atom is 0.337 e. The van der Waals surface area contributed by atoms with Crippen LogP contribution in [0.5, 0.6) is 0 Å². The molecule has 1 aliphatic carbocycles. The molecule has 0 amide bonds. The van der Waals surface area contributed by atoms with Crippen molar-refractivity contribution in [2.75, 3.05) is 0 Å². The Morgan fingerprint density at radius 1 is 1.50 bits per heavy atom. The van der Waals surface area contributed by atoms with Gasteiger partial charge in [-0.25, -0.2) is 14.8 Å². The number of aliphatic imine (C=N–C) groups is 1. The molecule has 0 unspecified atom stereocenters. The Kier molecular flexibility index (Phi) is 2.06. The zero-order valence-corrected chi connectivity index (χ0v) is 8.68. The second kappa shape index (κ2) is 3.44. The SMILES string of the molecule is O=C(O)c1cnc2c(c1)[B]C(C1CCC1)=N2. The summed E-state index contributed by atoms with van der Waals surface area (Å²) in [5.74, 6) is 0.273. The smallest absolute Gasteiger partial charge is 0.337 e. The van der Waals surface area contributed by atoms with Gasteiger partial charge in [-0.3, -0.25) is 0 Å². The number of carbonyl (C=O) groups is 1. The summed E-state index contributed by atoms with van der Waals surface area (Å²) in [7, 11) is 1.97. The van der Waals surface area contributed by atoms with Crippen LogP contribution in [0.2, 0.25) is 0 Å². The zero-order chi connectivity index (χ0) is 11.1. The normalized spacial score (nSPS) is 18.4. The molecule has 0 atom stereocenters. The van der Waals surface area contributed by atoms with Gasteiger partial charge in [0.2, 0.25) is 7.28 Å². The van der Waals surface area contributed by atoms with Crippen molar-refractivity contribution in [3.05, 3.63) is 17.8 Å². The van der Waals surface area contributed by atoms with E-state index in [1.807, 2.05) is 7.28 Å². The van der Waals surface area contributed by atoms with Gasteiger partial charge in [0.1, 0.15) is 5.82 Å². The molecule has 1 aliphatic heterocycles. The van der Waals surface area contributed by atoms with Crippen LogP contribution in [0.15, 0.2) is 17.3 Å². The van der Waals surface area contributed by atoms with Crippen LogP contribution < -0.4 is 5.46 Å². The summed E-state index contributed by atoms with van der Waals surface area (Å²) >= 11 is 0. The fraction of sp³-hybridized carbons (Fsp3) is 0.364. The van der Waals surface area contributed by atoms with E-state index >= 15 is 0 Å². The van der Waals surface area contributed by atoms with Crippen LogP contribution in [0.3, 0.4) is 0 Å². The topological polar surface area (TPSA) is 62.5 Å². The molecule has 2 aliphatic rings. The highest BCUT2D eigenvalue weighted by Crippen LogP contribution is 2.30. The molecular formula is C11H10BN2O2. The summed E-state index contributed by atoms with van der Waals surface area (Å²) in [6, 6.07) is 1.64. The molecule has 1 N–H and O–H groups in total. The molecule has 0 aromatic carbocycles. The van der Waals surface area contributed by atoms with Crippen molar-refractivity contribution in [1.82, 2.24) is 4.98 Å². The Morgan fingerprint density at radius 3 is 2.94 bits per heavy atom. The third-order valence-electron chi connectivity index (χ3n) is 3.20. The number of hydrogen-bond acceptors (Lipinski definition) is 3. The van der Waals surface area contributed by atoms with Gasteiger partial charge in [-0.1, -0.05) is 6.42 Å². The lowest BCUT2D eigenvalue weighted by molar-refractivity contribution is 0.0696. The molecule has 16 heavy (non-hydrogen) atoms. The molecule has 1 aromatic rings. The van der Waals surface area contributed by atoms with Crippen LogP contribution in [-0.2, 0) is 0 Å². The number of rotatable bonds is 2. The fourth-order valence-electron chi connectivity index (χ4n) is 2.02. The first-order valence-electron chi connectivity index (χ1n) is 5.41.